The Kier molecular flexibility index (Phi) is 63.3. The lowest BCUT2D eigenvalue weighted by atomic mass is 9.97. The van der Waals surface area contributed by atoms with E-state index >= 15 is 0 Å². The number of nitrogens with zero attached hydrogens (tertiary/aromatic N) is 1. The van der Waals surface area contributed by atoms with Crippen LogP contribution in [0.1, 0.15) is 246 Å². The Morgan fingerprint density at radius 1 is 0.421 bits per heavy atom. The molecule has 0 aromatic rings. The summed E-state index contributed by atoms with van der Waals surface area (Å²) in [7, 11) is -5.76. The molecule has 145 heavy (non-hydrogen) atoms. The Morgan fingerprint density at radius 2 is 0.752 bits per heavy atom. The number of hydrogen-bond donors (Lipinski definition) is 19. The first-order valence-electron chi connectivity index (χ1n) is 51.0. The minimum atomic E-state index is -3.55. The number of hydrogen-bond acceptors (Lipinski definition) is 38. The lowest BCUT2D eigenvalue weighted by Crippen LogP contribution is -2.64. The van der Waals surface area contributed by atoms with Crippen molar-refractivity contribution in [2.45, 2.75) is 362 Å². The van der Waals surface area contributed by atoms with Crippen LogP contribution in [0, 0.1) is 0 Å². The smallest absolute Gasteiger partial charge is 0.327 e. The molecule has 0 radical (unpaired) electrons. The van der Waals surface area contributed by atoms with Gasteiger partial charge in [-0.1, -0.05) is 64.4 Å². The molecule has 20 atom stereocenters. The Labute approximate surface area is 849 Å². The van der Waals surface area contributed by atoms with Crippen molar-refractivity contribution < 1.29 is 178 Å². The summed E-state index contributed by atoms with van der Waals surface area (Å²) < 4.78 is 107. The molecule has 0 spiro atoms. The fraction of sp³-hybridized carbons (Fsp3) is 0.832. The summed E-state index contributed by atoms with van der Waals surface area (Å²) in [6.07, 6.45) is -0.300. The highest BCUT2D eigenvalue weighted by atomic mass is 31.2. The zero-order valence-electron chi connectivity index (χ0n) is 85.5. The first kappa shape index (κ1) is 128. The van der Waals surface area contributed by atoms with Crippen molar-refractivity contribution in [2.24, 2.45) is 0 Å². The molecular weight excluding hydrogens is 1950 g/mol. The predicted octanol–water partition coefficient (Wildman–Crippen LogP) is 0.997. The van der Waals surface area contributed by atoms with Crippen LogP contribution >= 0.6 is 15.2 Å². The second-order valence-corrected chi connectivity index (χ2v) is 41.5. The number of rotatable bonds is 80. The van der Waals surface area contributed by atoms with Crippen molar-refractivity contribution >= 4 is 85.8 Å². The van der Waals surface area contributed by atoms with Gasteiger partial charge in [0.2, 0.25) is 53.2 Å². The van der Waals surface area contributed by atoms with Crippen molar-refractivity contribution in [1.82, 2.24) is 58.1 Å². The minimum absolute atomic E-state index is 0.0129. The monoisotopic (exact) mass is 2120 g/mol. The van der Waals surface area contributed by atoms with E-state index in [0.29, 0.717) is 95.5 Å². The molecule has 10 amide bonds. The molecule has 4 saturated heterocycles. The van der Waals surface area contributed by atoms with Gasteiger partial charge in [0.1, 0.15) is 108 Å². The second-order valence-electron chi connectivity index (χ2n) is 37.3. The summed E-state index contributed by atoms with van der Waals surface area (Å²) in [5, 5.41) is 119. The van der Waals surface area contributed by atoms with Gasteiger partial charge < -0.3 is 169 Å². The fourth-order valence-corrected chi connectivity index (χ4v) is 18.1. The maximum Gasteiger partial charge on any atom is 0.327 e. The molecule has 5 heterocycles. The molecule has 0 saturated carbocycles. The number of unbranched alkanes of at least 4 members (excludes halogenated alkanes) is 15. The summed E-state index contributed by atoms with van der Waals surface area (Å²) in [6.45, 7) is 10.2. The number of ketones is 2. The molecule has 0 aliphatic carbocycles. The number of aliphatic hydroxyl groups is 9. The fourth-order valence-electron chi connectivity index (χ4n) is 16.4. The van der Waals surface area contributed by atoms with E-state index in [4.69, 9.17) is 65.5 Å². The zero-order valence-corrected chi connectivity index (χ0v) is 87.2. The van der Waals surface area contributed by atoms with Crippen LogP contribution in [0.4, 0.5) is 0 Å². The van der Waals surface area contributed by atoms with Gasteiger partial charge in [0, 0.05) is 176 Å². The number of carbonyl (C=O) groups is 12. The SMILES string of the molecule is C=C1NC(=O)C(C)=CN1[C@H]1C[C@@H](OP(C)(=O)OC)[C@@H](COP(C)(=O)OCCCCCCCC(=O)CCCCCCCCCCC(=O)NC(COCCC(=O)NCCCCC(=O)CCCCO[C@@H]2OC(CO)[C@H](O)[C@H](O)C2NC(C)=O)(COCCC(=O)NCCCNC(=O)CCCCO[C@@H]2OC(CO)[C@H](O)[C@H](O)C2NC(C)=O)COCCC(=O)NCCCNC(=O)CCCCO[C@@H]2OC(CO)[C@H](O)[C@H](O)C2NC(C)=O)O1. The molecule has 0 aromatic heterocycles. The Bertz CT molecular complexity index is 3770. The van der Waals surface area contributed by atoms with Gasteiger partial charge in [-0.15, -0.1) is 0 Å². The molecule has 834 valence electrons. The quantitative estimate of drug-likeness (QED) is 0.0298. The number of nitrogens with one attached hydrogen (secondary N) is 10. The largest absolute Gasteiger partial charge is 0.394 e. The van der Waals surface area contributed by atoms with Gasteiger partial charge in [-0.25, -0.2) is 0 Å². The van der Waals surface area contributed by atoms with Crippen LogP contribution in [0.15, 0.2) is 24.2 Å². The third-order valence-electron chi connectivity index (χ3n) is 24.6. The van der Waals surface area contributed by atoms with Crippen molar-refractivity contribution in [3.8, 4) is 0 Å². The van der Waals surface area contributed by atoms with Crippen LogP contribution in [0.3, 0.4) is 0 Å². The third kappa shape index (κ3) is 52.0. The summed E-state index contributed by atoms with van der Waals surface area (Å²) in [5.74, 6) is -3.34. The Hall–Kier alpha value is -7.14. The molecule has 48 nitrogen and oxygen atoms in total. The normalized spacial score (nSPS) is 25.0. The topological polar surface area (TPSA) is 674 Å². The molecular formula is C95H167N11O37P2. The van der Waals surface area contributed by atoms with Crippen molar-refractivity contribution in [3.63, 3.8) is 0 Å². The van der Waals surface area contributed by atoms with E-state index in [1.54, 1.807) is 18.0 Å². The highest BCUT2D eigenvalue weighted by Crippen LogP contribution is 2.49. The van der Waals surface area contributed by atoms with Gasteiger partial charge in [0.25, 0.3) is 5.91 Å². The van der Waals surface area contributed by atoms with Crippen LogP contribution in [0.25, 0.3) is 0 Å². The third-order valence-corrected chi connectivity index (χ3v) is 27.2. The number of ether oxygens (including phenoxy) is 10. The van der Waals surface area contributed by atoms with E-state index in [2.05, 4.69) is 59.7 Å². The van der Waals surface area contributed by atoms with Gasteiger partial charge in [-0.3, -0.25) is 66.7 Å². The highest BCUT2D eigenvalue weighted by molar-refractivity contribution is 7.53. The summed E-state index contributed by atoms with van der Waals surface area (Å²) in [6, 6.07) is -3.31. The van der Waals surface area contributed by atoms with Crippen LogP contribution in [-0.4, -0.2) is 383 Å². The first-order valence-corrected chi connectivity index (χ1v) is 55.0. The van der Waals surface area contributed by atoms with Gasteiger partial charge in [-0.05, 0) is 96.8 Å². The van der Waals surface area contributed by atoms with Crippen molar-refractivity contribution in [2.75, 3.05) is 146 Å². The molecule has 0 bridgehead atoms. The van der Waals surface area contributed by atoms with Gasteiger partial charge >= 0.3 is 15.2 Å². The summed E-state index contributed by atoms with van der Waals surface area (Å²) in [5.41, 5.74) is -1.02. The summed E-state index contributed by atoms with van der Waals surface area (Å²) >= 11 is 0. The standard InChI is InChI=1S/C95H167N11O37P2/c1-63-55-106(64(2)101-91(63)127)81-54-70(143-144(7,128)130-6)74(139-81)59-138-145(8,129)137-50-26-17-13-15-19-33-68(113)32-18-14-11-9-10-12-16-20-38-80(120)105-95(60-131-51-39-77(117)96-42-25-21-34-69(114)35-22-27-47-134-92-82(102-65(3)110)88(124)85(121)71(56-107)140-92,61-132-52-40-78(118)99-45-30-43-97-75(115)36-23-28-48-135-93-83(103-66(4)111)89(125)86(122)72(57-108)141-93)62-133-53-41-79(119)100-46-31-44-98-76(116)37-24-29-49-136-94-84(104-67(5)112)90(126)87(123)73(58-109)142-94/h55,70-74,81-90,92-94,107-109,121-126H,2,9-54,56-62H2,1,3-8H3,(H,96,117)(H,97,115)(H,98,116)(H,99,118)(H,100,119)(H,101,127)(H,102,110)(H,103,111)(H,104,112)(H,105,120)/t70-,71?,72?,73?,74-,81-,82?,83?,84?,85+,86+,87+,88-,89-,90-,92-,93-,94-,95?,144?,145?/m1/s1. The predicted molar refractivity (Wildman–Crippen MR) is 522 cm³/mol. The van der Waals surface area contributed by atoms with E-state index in [1.165, 1.54) is 41.2 Å². The molecule has 5 aliphatic rings. The number of aliphatic hydroxyl groups excluding tert-OH is 9. The lowest BCUT2D eigenvalue weighted by molar-refractivity contribution is -0.270. The van der Waals surface area contributed by atoms with E-state index in [0.717, 1.165) is 70.6 Å². The first-order chi connectivity index (χ1) is 69.2. The van der Waals surface area contributed by atoms with Gasteiger partial charge in [0.05, 0.1) is 78.8 Å². The second kappa shape index (κ2) is 71.6. The molecule has 0 aromatic carbocycles. The van der Waals surface area contributed by atoms with Gasteiger partial charge in [0.15, 0.2) is 18.9 Å². The van der Waals surface area contributed by atoms with E-state index in [9.17, 15) is 113 Å². The lowest BCUT2D eigenvalue weighted by Gasteiger charge is -2.42. The van der Waals surface area contributed by atoms with E-state index < -0.39 is 169 Å². The zero-order chi connectivity index (χ0) is 107. The van der Waals surface area contributed by atoms with Crippen LogP contribution in [0.2, 0.25) is 0 Å². The molecule has 8 unspecified atom stereocenters. The van der Waals surface area contributed by atoms with Crippen molar-refractivity contribution in [1.29, 1.82) is 0 Å². The highest BCUT2D eigenvalue weighted by Gasteiger charge is 2.50. The maximum absolute atomic E-state index is 14.2. The summed E-state index contributed by atoms with van der Waals surface area (Å²) in [4.78, 5) is 154. The van der Waals surface area contributed by atoms with Crippen LogP contribution in [-0.2, 0) is 132 Å². The molecule has 19 N–H and O–H groups in total. The van der Waals surface area contributed by atoms with Crippen LogP contribution in [0.5, 0.6) is 0 Å². The van der Waals surface area contributed by atoms with E-state index in [1.807, 2.05) is 0 Å². The van der Waals surface area contributed by atoms with Gasteiger partial charge in [-0.2, -0.15) is 0 Å². The number of carbonyl (C=O) groups excluding carboxylic acids is 12. The minimum Gasteiger partial charge on any atom is -0.394 e. The number of Topliss-reactive ketones (excluding diaryl/α,β-unsaturated/α-hetero) is 2. The molecule has 5 aliphatic heterocycles. The Balaban J connectivity index is 1.09. The van der Waals surface area contributed by atoms with Crippen LogP contribution < -0.4 is 53.2 Å². The average Bonchev–Trinajstić information content (AvgIpc) is 1.57. The molecule has 5 rings (SSSR count). The average molecular weight is 2120 g/mol. The maximum atomic E-state index is 14.2. The van der Waals surface area contributed by atoms with Crippen molar-refractivity contribution in [3.05, 3.63) is 24.2 Å². The number of amides is 10. The molecule has 50 heteroatoms. The molecule has 4 fully saturated rings. The van der Waals surface area contributed by atoms with E-state index in [-0.39, 0.29) is 222 Å². The Morgan fingerprint density at radius 3 is 1.13 bits per heavy atom.